The molecule has 1 aliphatic heterocycles. The minimum absolute atomic E-state index is 0.00892. The fourth-order valence-electron chi connectivity index (χ4n) is 4.64. The third-order valence-electron chi connectivity index (χ3n) is 6.58. The van der Waals surface area contributed by atoms with Crippen LogP contribution in [0.4, 0.5) is 18.9 Å². The zero-order valence-corrected chi connectivity index (χ0v) is 24.4. The molecule has 0 amide bonds. The first-order valence-corrected chi connectivity index (χ1v) is 14.5. The fourth-order valence-corrected chi connectivity index (χ4v) is 6.33. The summed E-state index contributed by atoms with van der Waals surface area (Å²) in [5.74, 6) is -3.42. The Labute approximate surface area is 238 Å². The zero-order valence-electron chi connectivity index (χ0n) is 23.6. The van der Waals surface area contributed by atoms with Gasteiger partial charge in [-0.05, 0) is 49.1 Å². The lowest BCUT2D eigenvalue weighted by Gasteiger charge is -2.37. The highest BCUT2D eigenvalue weighted by Crippen LogP contribution is 2.33. The summed E-state index contributed by atoms with van der Waals surface area (Å²) in [7, 11) is -3.03. The maximum Gasteiger partial charge on any atom is 0.490 e. The Kier molecular flexibility index (Phi) is 10.4. The maximum absolute atomic E-state index is 13.8. The largest absolute Gasteiger partial charge is 0.490 e. The highest BCUT2D eigenvalue weighted by atomic mass is 32.2. The Morgan fingerprint density at radius 2 is 1.66 bits per heavy atom. The minimum Gasteiger partial charge on any atom is -0.468 e. The van der Waals surface area contributed by atoms with Gasteiger partial charge in [-0.2, -0.15) is 13.2 Å². The molecule has 1 heterocycles. The smallest absolute Gasteiger partial charge is 0.468 e. The number of halogens is 3. The SMILES string of the molecule is COC(=O)C(C(OC(=O)C(F)(F)F)c1ccc(S(=O)(=O)N(CC(C)C)c2ccc(C)cc2C)cc1)N1CCOCC1. The van der Waals surface area contributed by atoms with E-state index in [9.17, 15) is 31.2 Å². The third kappa shape index (κ3) is 7.77. The first-order valence-electron chi connectivity index (χ1n) is 13.0. The van der Waals surface area contributed by atoms with Crippen molar-refractivity contribution < 1.29 is 45.4 Å². The third-order valence-corrected chi connectivity index (χ3v) is 8.38. The van der Waals surface area contributed by atoms with E-state index in [2.05, 4.69) is 0 Å². The summed E-state index contributed by atoms with van der Waals surface area (Å²) in [6, 6.07) is 8.93. The topological polar surface area (TPSA) is 102 Å². The lowest BCUT2D eigenvalue weighted by molar-refractivity contribution is -0.210. The van der Waals surface area contributed by atoms with Crippen molar-refractivity contribution in [3.63, 3.8) is 0 Å². The van der Waals surface area contributed by atoms with E-state index >= 15 is 0 Å². The quantitative estimate of drug-likeness (QED) is 0.375. The van der Waals surface area contributed by atoms with Crippen molar-refractivity contribution in [1.82, 2.24) is 4.90 Å². The van der Waals surface area contributed by atoms with Crippen molar-refractivity contribution in [1.29, 1.82) is 0 Å². The Bertz CT molecular complexity index is 1330. The molecule has 1 fully saturated rings. The number of morpholine rings is 1. The van der Waals surface area contributed by atoms with Crippen LogP contribution in [-0.2, 0) is 33.8 Å². The van der Waals surface area contributed by atoms with Crippen molar-refractivity contribution >= 4 is 27.6 Å². The number of carbonyl (C=O) groups excluding carboxylic acids is 2. The molecule has 226 valence electrons. The van der Waals surface area contributed by atoms with Gasteiger partial charge in [-0.25, -0.2) is 13.2 Å². The number of ether oxygens (including phenoxy) is 3. The van der Waals surface area contributed by atoms with Crippen LogP contribution in [0.3, 0.4) is 0 Å². The van der Waals surface area contributed by atoms with Crippen molar-refractivity contribution in [2.75, 3.05) is 44.3 Å². The average Bonchev–Trinajstić information content (AvgIpc) is 2.91. The van der Waals surface area contributed by atoms with E-state index < -0.39 is 40.3 Å². The molecule has 0 aromatic heterocycles. The van der Waals surface area contributed by atoms with Gasteiger partial charge in [0.05, 0.1) is 30.9 Å². The lowest BCUT2D eigenvalue weighted by atomic mass is 10.00. The van der Waals surface area contributed by atoms with Crippen LogP contribution >= 0.6 is 0 Å². The van der Waals surface area contributed by atoms with Crippen LogP contribution in [0.15, 0.2) is 47.4 Å². The van der Waals surface area contributed by atoms with Crippen molar-refractivity contribution in [3.05, 3.63) is 59.2 Å². The Hall–Kier alpha value is -3.16. The minimum atomic E-state index is -5.32. The van der Waals surface area contributed by atoms with Gasteiger partial charge in [0.1, 0.15) is 0 Å². The van der Waals surface area contributed by atoms with Gasteiger partial charge in [-0.15, -0.1) is 0 Å². The van der Waals surface area contributed by atoms with Gasteiger partial charge in [0.15, 0.2) is 12.1 Å². The van der Waals surface area contributed by atoms with Gasteiger partial charge in [0.2, 0.25) is 0 Å². The van der Waals surface area contributed by atoms with E-state index in [0.29, 0.717) is 5.69 Å². The van der Waals surface area contributed by atoms with Gasteiger partial charge in [-0.1, -0.05) is 43.7 Å². The fraction of sp³-hybridized carbons (Fsp3) is 0.500. The summed E-state index contributed by atoms with van der Waals surface area (Å²) in [5.41, 5.74) is 2.22. The van der Waals surface area contributed by atoms with Gasteiger partial charge < -0.3 is 14.2 Å². The molecule has 1 aliphatic rings. The highest BCUT2D eigenvalue weighted by molar-refractivity contribution is 7.92. The second-order valence-corrected chi connectivity index (χ2v) is 12.1. The second-order valence-electron chi connectivity index (χ2n) is 10.2. The van der Waals surface area contributed by atoms with Crippen LogP contribution in [0.5, 0.6) is 0 Å². The predicted molar refractivity (Wildman–Crippen MR) is 145 cm³/mol. The number of carbonyl (C=O) groups is 2. The Morgan fingerprint density at radius 3 is 2.17 bits per heavy atom. The molecule has 0 radical (unpaired) electrons. The summed E-state index contributed by atoms with van der Waals surface area (Å²) in [5, 5.41) is 0. The Morgan fingerprint density at radius 1 is 1.05 bits per heavy atom. The lowest BCUT2D eigenvalue weighted by Crippen LogP contribution is -2.52. The molecule has 0 aliphatic carbocycles. The van der Waals surface area contributed by atoms with E-state index in [4.69, 9.17) is 14.2 Å². The van der Waals surface area contributed by atoms with Crippen LogP contribution in [0.2, 0.25) is 0 Å². The molecule has 3 rings (SSSR count). The molecule has 1 saturated heterocycles. The molecule has 2 unspecified atom stereocenters. The van der Waals surface area contributed by atoms with Gasteiger partial charge in [-0.3, -0.25) is 14.0 Å². The first-order chi connectivity index (χ1) is 19.2. The molecule has 2 atom stereocenters. The number of benzene rings is 2. The first kappa shape index (κ1) is 32.4. The normalized spacial score (nSPS) is 16.2. The summed E-state index contributed by atoms with van der Waals surface area (Å²) >= 11 is 0. The van der Waals surface area contributed by atoms with E-state index in [1.54, 1.807) is 6.07 Å². The van der Waals surface area contributed by atoms with E-state index in [1.165, 1.54) is 33.5 Å². The summed E-state index contributed by atoms with van der Waals surface area (Å²) in [4.78, 5) is 26.1. The molecule has 0 bridgehead atoms. The monoisotopic (exact) mass is 600 g/mol. The summed E-state index contributed by atoms with van der Waals surface area (Å²) in [6.45, 7) is 8.41. The van der Waals surface area contributed by atoms with Gasteiger partial charge in [0.25, 0.3) is 10.0 Å². The van der Waals surface area contributed by atoms with E-state index in [1.807, 2.05) is 39.8 Å². The second kappa shape index (κ2) is 13.2. The molecular weight excluding hydrogens is 565 g/mol. The average molecular weight is 601 g/mol. The number of rotatable bonds is 10. The number of nitrogens with zero attached hydrogens (tertiary/aromatic N) is 2. The predicted octanol–water partition coefficient (Wildman–Crippen LogP) is 4.18. The molecular formula is C28H35F3N2O7S. The number of methoxy groups -OCH3 is 1. The maximum atomic E-state index is 13.8. The number of hydrogen-bond donors (Lipinski definition) is 0. The van der Waals surface area contributed by atoms with Crippen molar-refractivity contribution in [2.45, 2.75) is 50.9 Å². The van der Waals surface area contributed by atoms with Gasteiger partial charge >= 0.3 is 18.1 Å². The zero-order chi connectivity index (χ0) is 30.5. The molecule has 9 nitrogen and oxygen atoms in total. The van der Waals surface area contributed by atoms with Crippen LogP contribution in [0.25, 0.3) is 0 Å². The number of aryl methyl sites for hydroxylation is 2. The number of sulfonamides is 1. The molecule has 2 aromatic carbocycles. The molecule has 2 aromatic rings. The number of anilines is 1. The molecule has 41 heavy (non-hydrogen) atoms. The van der Waals surface area contributed by atoms with E-state index in [-0.39, 0.29) is 49.2 Å². The van der Waals surface area contributed by atoms with Crippen LogP contribution in [0, 0.1) is 19.8 Å². The molecule has 0 N–H and O–H groups in total. The summed E-state index contributed by atoms with van der Waals surface area (Å²) in [6.07, 6.45) is -7.06. The van der Waals surface area contributed by atoms with Gasteiger partial charge in [0, 0.05) is 19.6 Å². The number of hydrogen-bond acceptors (Lipinski definition) is 8. The van der Waals surface area contributed by atoms with Crippen molar-refractivity contribution in [2.24, 2.45) is 5.92 Å². The standard InChI is InChI=1S/C28H35F3N2O7S/c1-18(2)17-33(23-11-6-19(3)16-20(23)4)41(36,37)22-9-7-21(8-10-22)25(40-27(35)28(29,30)31)24(26(34)38-5)32-12-14-39-15-13-32/h6-11,16,18,24-25H,12-15,17H2,1-5H3. The summed E-state index contributed by atoms with van der Waals surface area (Å²) < 4.78 is 83.7. The highest BCUT2D eigenvalue weighted by Gasteiger charge is 2.46. The van der Waals surface area contributed by atoms with Crippen LogP contribution < -0.4 is 4.31 Å². The van der Waals surface area contributed by atoms with Crippen LogP contribution in [-0.4, -0.2) is 77.4 Å². The Balaban J connectivity index is 2.06. The molecule has 0 spiro atoms. The number of esters is 2. The van der Waals surface area contributed by atoms with Crippen LogP contribution in [0.1, 0.15) is 36.6 Å². The number of alkyl halides is 3. The van der Waals surface area contributed by atoms with E-state index in [0.717, 1.165) is 18.2 Å². The van der Waals surface area contributed by atoms with Crippen molar-refractivity contribution in [3.8, 4) is 0 Å². The molecule has 13 heteroatoms. The molecule has 0 saturated carbocycles.